The monoisotopic (exact) mass is 339 g/mol. The molecule has 0 radical (unpaired) electrons. The standard InChI is InChI=1S/C14H11Cl2N3O3/c15-10-3-1-2-9(6-10)8-17-14(20)18-11-4-5-12(16)13(7-11)19(21)22/h1-7H,8H2,(H2,17,18,20). The van der Waals surface area contributed by atoms with Crippen molar-refractivity contribution in [3.8, 4) is 0 Å². The highest BCUT2D eigenvalue weighted by Gasteiger charge is 2.13. The molecule has 22 heavy (non-hydrogen) atoms. The molecule has 0 aliphatic carbocycles. The molecule has 6 nitrogen and oxygen atoms in total. The van der Waals surface area contributed by atoms with Gasteiger partial charge >= 0.3 is 6.03 Å². The van der Waals surface area contributed by atoms with Gasteiger partial charge in [0.25, 0.3) is 5.69 Å². The fourth-order valence-corrected chi connectivity index (χ4v) is 2.13. The lowest BCUT2D eigenvalue weighted by atomic mass is 10.2. The summed E-state index contributed by atoms with van der Waals surface area (Å²) in [5.74, 6) is 0. The van der Waals surface area contributed by atoms with E-state index in [-0.39, 0.29) is 22.9 Å². The number of anilines is 1. The smallest absolute Gasteiger partial charge is 0.319 e. The van der Waals surface area contributed by atoms with Gasteiger partial charge in [-0.1, -0.05) is 35.3 Å². The first-order valence-electron chi connectivity index (χ1n) is 6.19. The first-order chi connectivity index (χ1) is 10.5. The molecule has 0 aliphatic rings. The van der Waals surface area contributed by atoms with Crippen LogP contribution in [0.5, 0.6) is 0 Å². The summed E-state index contributed by atoms with van der Waals surface area (Å²) in [5.41, 5.74) is 0.846. The van der Waals surface area contributed by atoms with E-state index in [1.165, 1.54) is 18.2 Å². The van der Waals surface area contributed by atoms with Crippen molar-refractivity contribution in [2.24, 2.45) is 0 Å². The average Bonchev–Trinajstić information content (AvgIpc) is 2.47. The number of carbonyl (C=O) groups is 1. The largest absolute Gasteiger partial charge is 0.334 e. The maximum atomic E-state index is 11.8. The predicted octanol–water partition coefficient (Wildman–Crippen LogP) is 4.22. The maximum Gasteiger partial charge on any atom is 0.319 e. The third-order valence-corrected chi connectivity index (χ3v) is 3.30. The van der Waals surface area contributed by atoms with E-state index >= 15 is 0 Å². The van der Waals surface area contributed by atoms with Gasteiger partial charge < -0.3 is 10.6 Å². The third kappa shape index (κ3) is 4.34. The topological polar surface area (TPSA) is 84.3 Å². The molecule has 0 fully saturated rings. The molecule has 0 atom stereocenters. The Bertz CT molecular complexity index is 722. The van der Waals surface area contributed by atoms with Crippen molar-refractivity contribution in [1.29, 1.82) is 0 Å². The summed E-state index contributed by atoms with van der Waals surface area (Å²) in [7, 11) is 0. The Kier molecular flexibility index (Phi) is 5.19. The van der Waals surface area contributed by atoms with Gasteiger partial charge in [0.1, 0.15) is 5.02 Å². The van der Waals surface area contributed by atoms with Gasteiger partial charge in [0.2, 0.25) is 0 Å². The van der Waals surface area contributed by atoms with Gasteiger partial charge in [-0.2, -0.15) is 0 Å². The number of halogens is 2. The van der Waals surface area contributed by atoms with E-state index in [0.717, 1.165) is 5.56 Å². The third-order valence-electron chi connectivity index (χ3n) is 2.74. The van der Waals surface area contributed by atoms with E-state index in [4.69, 9.17) is 23.2 Å². The number of amides is 2. The highest BCUT2D eigenvalue weighted by Crippen LogP contribution is 2.27. The van der Waals surface area contributed by atoms with Crippen LogP contribution in [0.15, 0.2) is 42.5 Å². The summed E-state index contributed by atoms with van der Waals surface area (Å²) in [6.07, 6.45) is 0. The summed E-state index contributed by atoms with van der Waals surface area (Å²) < 4.78 is 0. The van der Waals surface area contributed by atoms with Crippen molar-refractivity contribution in [1.82, 2.24) is 5.32 Å². The number of nitro benzene ring substituents is 1. The van der Waals surface area contributed by atoms with E-state index in [1.807, 2.05) is 6.07 Å². The van der Waals surface area contributed by atoms with E-state index in [2.05, 4.69) is 10.6 Å². The molecule has 114 valence electrons. The summed E-state index contributed by atoms with van der Waals surface area (Å²) >= 11 is 11.5. The van der Waals surface area contributed by atoms with Gasteiger partial charge in [0.15, 0.2) is 0 Å². The molecular weight excluding hydrogens is 329 g/mol. The van der Waals surface area contributed by atoms with Crippen LogP contribution in [-0.4, -0.2) is 11.0 Å². The molecule has 0 heterocycles. The van der Waals surface area contributed by atoms with Crippen LogP contribution >= 0.6 is 23.2 Å². The fraction of sp³-hybridized carbons (Fsp3) is 0.0714. The molecule has 0 aromatic heterocycles. The Hall–Kier alpha value is -2.31. The average molecular weight is 340 g/mol. The van der Waals surface area contributed by atoms with E-state index in [1.54, 1.807) is 18.2 Å². The number of nitrogens with one attached hydrogen (secondary N) is 2. The van der Waals surface area contributed by atoms with Crippen LogP contribution in [-0.2, 0) is 6.54 Å². The summed E-state index contributed by atoms with van der Waals surface area (Å²) in [5, 5.41) is 16.5. The van der Waals surface area contributed by atoms with Crippen LogP contribution in [0.4, 0.5) is 16.2 Å². The lowest BCUT2D eigenvalue weighted by molar-refractivity contribution is -0.384. The van der Waals surface area contributed by atoms with Crippen molar-refractivity contribution < 1.29 is 9.72 Å². The number of hydrogen-bond acceptors (Lipinski definition) is 3. The second kappa shape index (κ2) is 7.11. The molecule has 2 aromatic carbocycles. The second-order valence-corrected chi connectivity index (χ2v) is 5.20. The molecule has 0 saturated heterocycles. The summed E-state index contributed by atoms with van der Waals surface area (Å²) in [4.78, 5) is 21.9. The Balaban J connectivity index is 1.97. The summed E-state index contributed by atoms with van der Waals surface area (Å²) in [6, 6.07) is 10.6. The molecule has 0 unspecified atom stereocenters. The van der Waals surface area contributed by atoms with Gasteiger partial charge in [0, 0.05) is 23.3 Å². The first kappa shape index (κ1) is 16.1. The Morgan fingerprint density at radius 3 is 2.64 bits per heavy atom. The zero-order chi connectivity index (χ0) is 16.1. The minimum Gasteiger partial charge on any atom is -0.334 e. The van der Waals surface area contributed by atoms with E-state index < -0.39 is 11.0 Å². The van der Waals surface area contributed by atoms with Gasteiger partial charge in [0.05, 0.1) is 4.92 Å². The van der Waals surface area contributed by atoms with Crippen LogP contribution in [0, 0.1) is 10.1 Å². The SMILES string of the molecule is O=C(NCc1cccc(Cl)c1)Nc1ccc(Cl)c([N+](=O)[O-])c1. The normalized spacial score (nSPS) is 10.1. The molecule has 0 spiro atoms. The molecule has 2 amide bonds. The zero-order valence-electron chi connectivity index (χ0n) is 11.2. The highest BCUT2D eigenvalue weighted by atomic mass is 35.5. The van der Waals surface area contributed by atoms with E-state index in [0.29, 0.717) is 5.02 Å². The number of nitro groups is 1. The van der Waals surface area contributed by atoms with Gasteiger partial charge in [-0.05, 0) is 29.8 Å². The van der Waals surface area contributed by atoms with Crippen LogP contribution in [0.25, 0.3) is 0 Å². The van der Waals surface area contributed by atoms with Gasteiger partial charge in [-0.15, -0.1) is 0 Å². The number of urea groups is 1. The molecule has 0 saturated carbocycles. The minimum atomic E-state index is -0.614. The predicted molar refractivity (Wildman–Crippen MR) is 85.4 cm³/mol. The molecular formula is C14H11Cl2N3O3. The number of benzene rings is 2. The number of nitrogens with zero attached hydrogens (tertiary/aromatic N) is 1. The van der Waals surface area contributed by atoms with Crippen molar-refractivity contribution >= 4 is 40.6 Å². The molecule has 2 aromatic rings. The van der Waals surface area contributed by atoms with Crippen LogP contribution in [0.3, 0.4) is 0 Å². The van der Waals surface area contributed by atoms with Crippen LogP contribution < -0.4 is 10.6 Å². The Labute approximate surface area is 136 Å². The van der Waals surface area contributed by atoms with Gasteiger partial charge in [-0.3, -0.25) is 10.1 Å². The Morgan fingerprint density at radius 1 is 1.18 bits per heavy atom. The highest BCUT2D eigenvalue weighted by molar-refractivity contribution is 6.32. The van der Waals surface area contributed by atoms with Gasteiger partial charge in [-0.25, -0.2) is 4.79 Å². The van der Waals surface area contributed by atoms with E-state index in [9.17, 15) is 14.9 Å². The molecule has 0 bridgehead atoms. The van der Waals surface area contributed by atoms with Crippen molar-refractivity contribution in [2.45, 2.75) is 6.54 Å². The molecule has 8 heteroatoms. The quantitative estimate of drug-likeness (QED) is 0.645. The summed E-state index contributed by atoms with van der Waals surface area (Å²) in [6.45, 7) is 0.280. The lowest BCUT2D eigenvalue weighted by Gasteiger charge is -2.08. The molecule has 2 N–H and O–H groups in total. The van der Waals surface area contributed by atoms with Crippen LogP contribution in [0.1, 0.15) is 5.56 Å². The van der Waals surface area contributed by atoms with Crippen LogP contribution in [0.2, 0.25) is 10.0 Å². The number of rotatable bonds is 4. The number of hydrogen-bond donors (Lipinski definition) is 2. The van der Waals surface area contributed by atoms with Crippen molar-refractivity contribution in [2.75, 3.05) is 5.32 Å². The molecule has 0 aliphatic heterocycles. The lowest BCUT2D eigenvalue weighted by Crippen LogP contribution is -2.28. The number of carbonyl (C=O) groups excluding carboxylic acids is 1. The van der Waals surface area contributed by atoms with Crippen molar-refractivity contribution in [3.05, 3.63) is 68.2 Å². The maximum absolute atomic E-state index is 11.8. The fourth-order valence-electron chi connectivity index (χ4n) is 1.73. The van der Waals surface area contributed by atoms with Crippen molar-refractivity contribution in [3.63, 3.8) is 0 Å². The Morgan fingerprint density at radius 2 is 1.95 bits per heavy atom. The molecule has 2 rings (SSSR count). The minimum absolute atomic E-state index is 0.00915. The second-order valence-electron chi connectivity index (χ2n) is 4.36. The first-order valence-corrected chi connectivity index (χ1v) is 6.94. The zero-order valence-corrected chi connectivity index (χ0v) is 12.7.